The lowest BCUT2D eigenvalue weighted by Crippen LogP contribution is -2.52. The van der Waals surface area contributed by atoms with Crippen LogP contribution in [0.15, 0.2) is 24.3 Å². The number of amides is 3. The van der Waals surface area contributed by atoms with Gasteiger partial charge in [0.2, 0.25) is 5.91 Å². The number of nitrogens with zero attached hydrogens (tertiary/aromatic N) is 4. The van der Waals surface area contributed by atoms with E-state index in [1.165, 1.54) is 23.1 Å². The van der Waals surface area contributed by atoms with E-state index in [0.29, 0.717) is 26.2 Å². The number of piperazine rings is 1. The number of carbonyl (C=O) groups is 2. The summed E-state index contributed by atoms with van der Waals surface area (Å²) in [4.78, 5) is 39.0. The van der Waals surface area contributed by atoms with Crippen molar-refractivity contribution in [2.24, 2.45) is 0 Å². The van der Waals surface area contributed by atoms with Gasteiger partial charge in [0, 0.05) is 46.4 Å². The lowest BCUT2D eigenvalue weighted by Gasteiger charge is -2.35. The van der Waals surface area contributed by atoms with Crippen molar-refractivity contribution in [2.45, 2.75) is 0 Å². The summed E-state index contributed by atoms with van der Waals surface area (Å²) in [6.45, 7) is 1.61. The minimum Gasteiger partial charge on any atom is -0.336 e. The van der Waals surface area contributed by atoms with Crippen LogP contribution in [0.3, 0.4) is 0 Å². The molecule has 1 aromatic rings. The average Bonchev–Trinajstić information content (AvgIpc) is 2.59. The monoisotopic (exact) mass is 350 g/mol. The lowest BCUT2D eigenvalue weighted by molar-refractivity contribution is -0.385. The number of carbonyl (C=O) groups excluding carboxylic acids is 2. The van der Waals surface area contributed by atoms with E-state index in [4.69, 9.17) is 0 Å². The second-order valence-electron chi connectivity index (χ2n) is 5.78. The van der Waals surface area contributed by atoms with Gasteiger partial charge < -0.3 is 14.7 Å². The third kappa shape index (κ3) is 4.52. The molecule has 0 aliphatic carbocycles. The van der Waals surface area contributed by atoms with E-state index in [0.717, 1.165) is 12.1 Å². The Hall–Kier alpha value is -2.97. The fourth-order valence-electron chi connectivity index (χ4n) is 2.48. The molecule has 3 amide bonds. The van der Waals surface area contributed by atoms with Crippen LogP contribution < -0.4 is 0 Å². The number of nitro benzene ring substituents is 1. The highest BCUT2D eigenvalue weighted by Crippen LogP contribution is 2.21. The van der Waals surface area contributed by atoms with E-state index in [2.05, 4.69) is 0 Å². The normalized spacial score (nSPS) is 14.7. The van der Waals surface area contributed by atoms with Gasteiger partial charge in [-0.2, -0.15) is 0 Å². The highest BCUT2D eigenvalue weighted by atomic mass is 19.1. The molecule has 0 saturated carbocycles. The number of rotatable bonds is 3. The minimum atomic E-state index is -0.711. The molecule has 0 spiro atoms. The Balaban J connectivity index is 2.01. The fraction of sp³-hybridized carbons (Fsp3) is 0.375. The van der Waals surface area contributed by atoms with Crippen LogP contribution in [0.25, 0.3) is 6.08 Å². The molecule has 1 aliphatic heterocycles. The molecule has 0 N–H and O–H groups in total. The third-order valence-electron chi connectivity index (χ3n) is 3.84. The summed E-state index contributed by atoms with van der Waals surface area (Å²) in [5.74, 6) is -1.02. The van der Waals surface area contributed by atoms with Gasteiger partial charge in [-0.15, -0.1) is 0 Å². The minimum absolute atomic E-state index is 0.107. The van der Waals surface area contributed by atoms with Crippen molar-refractivity contribution in [1.82, 2.24) is 14.7 Å². The number of urea groups is 1. The van der Waals surface area contributed by atoms with E-state index in [1.54, 1.807) is 23.9 Å². The van der Waals surface area contributed by atoms with Crippen LogP contribution in [0, 0.1) is 15.9 Å². The zero-order chi connectivity index (χ0) is 18.6. The molecule has 0 radical (unpaired) electrons. The summed E-state index contributed by atoms with van der Waals surface area (Å²) in [6, 6.07) is 3.06. The van der Waals surface area contributed by atoms with Crippen molar-refractivity contribution in [3.63, 3.8) is 0 Å². The molecular weight excluding hydrogens is 331 g/mol. The van der Waals surface area contributed by atoms with Crippen LogP contribution in [-0.2, 0) is 4.79 Å². The molecule has 25 heavy (non-hydrogen) atoms. The first kappa shape index (κ1) is 18.4. The molecule has 8 nitrogen and oxygen atoms in total. The van der Waals surface area contributed by atoms with E-state index >= 15 is 0 Å². The van der Waals surface area contributed by atoms with Crippen molar-refractivity contribution in [2.75, 3.05) is 40.3 Å². The van der Waals surface area contributed by atoms with Crippen LogP contribution in [-0.4, -0.2) is 71.8 Å². The van der Waals surface area contributed by atoms with Gasteiger partial charge in [0.15, 0.2) is 0 Å². The second-order valence-corrected chi connectivity index (χ2v) is 5.78. The van der Waals surface area contributed by atoms with Crippen molar-refractivity contribution in [1.29, 1.82) is 0 Å². The summed E-state index contributed by atoms with van der Waals surface area (Å²) < 4.78 is 13.1. The molecule has 2 rings (SSSR count). The molecule has 9 heteroatoms. The number of nitro groups is 1. The smallest absolute Gasteiger partial charge is 0.319 e. The first-order valence-corrected chi connectivity index (χ1v) is 7.66. The Labute approximate surface area is 144 Å². The topological polar surface area (TPSA) is 87.0 Å². The zero-order valence-corrected chi connectivity index (χ0v) is 14.0. The molecule has 1 fully saturated rings. The van der Waals surface area contributed by atoms with Gasteiger partial charge in [0.05, 0.1) is 16.6 Å². The predicted molar refractivity (Wildman–Crippen MR) is 89.3 cm³/mol. The third-order valence-corrected chi connectivity index (χ3v) is 3.84. The summed E-state index contributed by atoms with van der Waals surface area (Å²) in [6.07, 6.45) is 2.53. The highest BCUT2D eigenvalue weighted by molar-refractivity contribution is 5.92. The lowest BCUT2D eigenvalue weighted by atomic mass is 10.1. The van der Waals surface area contributed by atoms with E-state index in [9.17, 15) is 24.1 Å². The maximum absolute atomic E-state index is 13.1. The van der Waals surface area contributed by atoms with Crippen LogP contribution >= 0.6 is 0 Å². The van der Waals surface area contributed by atoms with E-state index in [1.807, 2.05) is 0 Å². The molecule has 0 aromatic heterocycles. The first-order valence-electron chi connectivity index (χ1n) is 7.66. The number of hydrogen-bond acceptors (Lipinski definition) is 4. The Kier molecular flexibility index (Phi) is 5.68. The molecular formula is C16H19FN4O4. The molecule has 1 heterocycles. The molecule has 1 aliphatic rings. The standard InChI is InChI=1S/C16H19FN4O4/c1-18(2)16(23)20-9-7-19(8-10-20)15(22)6-4-12-3-5-13(17)11-14(12)21(24)25/h3-6,11H,7-10H2,1-2H3. The van der Waals surface area contributed by atoms with Crippen molar-refractivity contribution >= 4 is 23.7 Å². The van der Waals surface area contributed by atoms with Crippen LogP contribution in [0.1, 0.15) is 5.56 Å². The predicted octanol–water partition coefficient (Wildman–Crippen LogP) is 1.57. The summed E-state index contributed by atoms with van der Waals surface area (Å²) >= 11 is 0. The Morgan fingerprint density at radius 3 is 2.36 bits per heavy atom. The summed E-state index contributed by atoms with van der Waals surface area (Å²) in [5, 5.41) is 10.9. The molecule has 0 unspecified atom stereocenters. The fourth-order valence-corrected chi connectivity index (χ4v) is 2.48. The van der Waals surface area contributed by atoms with Crippen LogP contribution in [0.4, 0.5) is 14.9 Å². The van der Waals surface area contributed by atoms with Gasteiger partial charge in [-0.1, -0.05) is 0 Å². The van der Waals surface area contributed by atoms with Crippen molar-refractivity contribution < 1.29 is 18.9 Å². The summed E-state index contributed by atoms with van der Waals surface area (Å²) in [7, 11) is 3.33. The molecule has 1 saturated heterocycles. The number of hydrogen-bond donors (Lipinski definition) is 0. The highest BCUT2D eigenvalue weighted by Gasteiger charge is 2.24. The Bertz CT molecular complexity index is 712. The number of halogens is 1. The summed E-state index contributed by atoms with van der Waals surface area (Å²) in [5.41, 5.74) is -0.244. The average molecular weight is 350 g/mol. The largest absolute Gasteiger partial charge is 0.336 e. The SMILES string of the molecule is CN(C)C(=O)N1CCN(C(=O)C=Cc2ccc(F)cc2[N+](=O)[O-])CC1. The zero-order valence-electron chi connectivity index (χ0n) is 14.0. The van der Waals surface area contributed by atoms with Gasteiger partial charge in [-0.05, 0) is 18.2 Å². The van der Waals surface area contributed by atoms with Crippen LogP contribution in [0.5, 0.6) is 0 Å². The van der Waals surface area contributed by atoms with Gasteiger partial charge in [0.1, 0.15) is 5.82 Å². The second kappa shape index (κ2) is 7.73. The molecule has 1 aromatic carbocycles. The van der Waals surface area contributed by atoms with Gasteiger partial charge in [-0.25, -0.2) is 9.18 Å². The van der Waals surface area contributed by atoms with Crippen molar-refractivity contribution in [3.8, 4) is 0 Å². The van der Waals surface area contributed by atoms with Crippen molar-refractivity contribution in [3.05, 3.63) is 45.8 Å². The maximum atomic E-state index is 13.1. The first-order chi connectivity index (χ1) is 11.8. The van der Waals surface area contributed by atoms with Gasteiger partial charge in [-0.3, -0.25) is 14.9 Å². The number of benzene rings is 1. The molecule has 134 valence electrons. The van der Waals surface area contributed by atoms with E-state index < -0.39 is 16.4 Å². The van der Waals surface area contributed by atoms with Crippen LogP contribution in [0.2, 0.25) is 0 Å². The van der Waals surface area contributed by atoms with Gasteiger partial charge >= 0.3 is 6.03 Å². The van der Waals surface area contributed by atoms with E-state index in [-0.39, 0.29) is 17.5 Å². The quantitative estimate of drug-likeness (QED) is 0.470. The van der Waals surface area contributed by atoms with Gasteiger partial charge in [0.25, 0.3) is 5.69 Å². The molecule has 0 atom stereocenters. The molecule has 0 bridgehead atoms. The Morgan fingerprint density at radius 1 is 1.20 bits per heavy atom. The Morgan fingerprint density at radius 2 is 1.80 bits per heavy atom. The maximum Gasteiger partial charge on any atom is 0.319 e.